The van der Waals surface area contributed by atoms with Gasteiger partial charge in [0.1, 0.15) is 5.82 Å². The van der Waals surface area contributed by atoms with Gasteiger partial charge >= 0.3 is 0 Å². The summed E-state index contributed by atoms with van der Waals surface area (Å²) in [5, 5.41) is 5.59. The van der Waals surface area contributed by atoms with E-state index in [1.54, 1.807) is 0 Å². The molecule has 2 fully saturated rings. The lowest BCUT2D eigenvalue weighted by atomic mass is 9.89. The molecule has 3 aromatic rings. The van der Waals surface area contributed by atoms with Gasteiger partial charge in [0.05, 0.1) is 5.69 Å². The first kappa shape index (κ1) is 23.2. The molecule has 6 nitrogen and oxygen atoms in total. The van der Waals surface area contributed by atoms with Crippen LogP contribution in [0.3, 0.4) is 0 Å². The molecule has 0 saturated carbocycles. The number of rotatable bonds is 3. The van der Waals surface area contributed by atoms with Crippen molar-refractivity contribution in [1.82, 2.24) is 19.5 Å². The fourth-order valence-electron chi connectivity index (χ4n) is 5.86. The molecule has 2 aromatic heterocycles. The fraction of sp³-hybridized carbons (Fsp3) is 0.519. The van der Waals surface area contributed by atoms with Gasteiger partial charge in [-0.2, -0.15) is 9.61 Å². The summed E-state index contributed by atoms with van der Waals surface area (Å²) in [5.74, 6) is 2.72. The molecule has 1 amide bonds. The topological polar surface area (TPSA) is 53.7 Å². The second-order valence-electron chi connectivity index (χ2n) is 10.4. The summed E-state index contributed by atoms with van der Waals surface area (Å²) in [6.45, 7) is 12.1. The number of fused-ring (bicyclic) bond motifs is 1. The molecule has 0 bridgehead atoms. The van der Waals surface area contributed by atoms with Crippen LogP contribution >= 0.6 is 11.6 Å². The predicted octanol–water partition coefficient (Wildman–Crippen LogP) is 5.39. The maximum atomic E-state index is 13.3. The number of hydrogen-bond donors (Lipinski definition) is 0. The summed E-state index contributed by atoms with van der Waals surface area (Å²) >= 11 is 6.11. The van der Waals surface area contributed by atoms with Crippen molar-refractivity contribution in [3.8, 4) is 11.1 Å². The molecule has 0 N–H and O–H groups in total. The Morgan fingerprint density at radius 3 is 2.32 bits per heavy atom. The van der Waals surface area contributed by atoms with Crippen molar-refractivity contribution in [3.05, 3.63) is 46.7 Å². The molecular formula is C27H34ClN5O. The van der Waals surface area contributed by atoms with E-state index < -0.39 is 0 Å². The van der Waals surface area contributed by atoms with E-state index in [0.29, 0.717) is 22.8 Å². The number of piperidine rings is 2. The van der Waals surface area contributed by atoms with Gasteiger partial charge in [-0.15, -0.1) is 0 Å². The Hall–Kier alpha value is -2.60. The quantitative estimate of drug-likeness (QED) is 0.505. The smallest absolute Gasteiger partial charge is 0.225 e. The predicted molar refractivity (Wildman–Crippen MR) is 137 cm³/mol. The molecule has 1 aromatic carbocycles. The van der Waals surface area contributed by atoms with Crippen LogP contribution in [0.4, 0.5) is 5.82 Å². The molecule has 7 heteroatoms. The average molecular weight is 480 g/mol. The lowest BCUT2D eigenvalue weighted by molar-refractivity contribution is -0.138. The number of benzene rings is 1. The summed E-state index contributed by atoms with van der Waals surface area (Å²) < 4.78 is 1.97. The first-order chi connectivity index (χ1) is 16.3. The highest BCUT2D eigenvalue weighted by Crippen LogP contribution is 2.33. The molecule has 0 radical (unpaired) electrons. The summed E-state index contributed by atoms with van der Waals surface area (Å²) in [7, 11) is 0. The summed E-state index contributed by atoms with van der Waals surface area (Å²) in [6.07, 6.45) is 2.98. The van der Waals surface area contributed by atoms with Gasteiger partial charge in [-0.25, -0.2) is 4.98 Å². The Bertz CT molecular complexity index is 1190. The van der Waals surface area contributed by atoms with Crippen molar-refractivity contribution in [2.75, 3.05) is 31.1 Å². The summed E-state index contributed by atoms with van der Waals surface area (Å²) in [6, 6.07) is 9.97. The van der Waals surface area contributed by atoms with Gasteiger partial charge in [0.2, 0.25) is 5.91 Å². The number of hydrogen-bond acceptors (Lipinski definition) is 4. The van der Waals surface area contributed by atoms with Crippen LogP contribution in [0.2, 0.25) is 5.02 Å². The van der Waals surface area contributed by atoms with E-state index in [4.69, 9.17) is 21.7 Å². The lowest BCUT2D eigenvalue weighted by Gasteiger charge is -2.39. The van der Waals surface area contributed by atoms with Gasteiger partial charge in [0.15, 0.2) is 5.65 Å². The Morgan fingerprint density at radius 2 is 1.68 bits per heavy atom. The van der Waals surface area contributed by atoms with Crippen molar-refractivity contribution in [3.63, 3.8) is 0 Å². The molecule has 34 heavy (non-hydrogen) atoms. The third-order valence-corrected chi connectivity index (χ3v) is 7.61. The SMILES string of the molecule is Cc1cc(N2CCC(C(=O)N3C[C@@H](C)C[C@H](C)C3)CC2)n2nc(C)c(-c3ccc(Cl)cc3)c2n1. The number of aryl methyl sites for hydroxylation is 2. The Morgan fingerprint density at radius 1 is 1.03 bits per heavy atom. The number of carbonyl (C=O) groups excluding carboxylic acids is 1. The average Bonchev–Trinajstić information content (AvgIpc) is 3.13. The van der Waals surface area contributed by atoms with Crippen molar-refractivity contribution in [1.29, 1.82) is 0 Å². The fourth-order valence-corrected chi connectivity index (χ4v) is 5.99. The molecule has 2 aliphatic heterocycles. The molecule has 5 rings (SSSR count). The van der Waals surface area contributed by atoms with Gasteiger partial charge in [-0.05, 0) is 62.6 Å². The summed E-state index contributed by atoms with van der Waals surface area (Å²) in [4.78, 5) is 22.6. The third kappa shape index (κ3) is 4.40. The van der Waals surface area contributed by atoms with Crippen molar-refractivity contribution in [2.24, 2.45) is 17.8 Å². The maximum Gasteiger partial charge on any atom is 0.225 e. The third-order valence-electron chi connectivity index (χ3n) is 7.35. The minimum atomic E-state index is 0.121. The molecule has 4 heterocycles. The maximum absolute atomic E-state index is 13.3. The van der Waals surface area contributed by atoms with Crippen molar-refractivity contribution in [2.45, 2.75) is 47.0 Å². The minimum absolute atomic E-state index is 0.121. The van der Waals surface area contributed by atoms with Gasteiger partial charge in [0.25, 0.3) is 0 Å². The van der Waals surface area contributed by atoms with Crippen LogP contribution < -0.4 is 4.90 Å². The first-order valence-electron chi connectivity index (χ1n) is 12.5. The Kier molecular flexibility index (Phi) is 6.28. The highest BCUT2D eigenvalue weighted by atomic mass is 35.5. The van der Waals surface area contributed by atoms with Crippen molar-refractivity contribution < 1.29 is 4.79 Å². The number of carbonyl (C=O) groups is 1. The van der Waals surface area contributed by atoms with Crippen LogP contribution in [0.5, 0.6) is 0 Å². The zero-order valence-corrected chi connectivity index (χ0v) is 21.3. The molecule has 2 saturated heterocycles. The number of anilines is 1. The zero-order chi connectivity index (χ0) is 24.0. The first-order valence-corrected chi connectivity index (χ1v) is 12.8. The van der Waals surface area contributed by atoms with Crippen LogP contribution in [0, 0.1) is 31.6 Å². The van der Waals surface area contributed by atoms with Crippen LogP contribution in [0.15, 0.2) is 30.3 Å². The molecular weight excluding hydrogens is 446 g/mol. The Labute approximate surface area is 206 Å². The van der Waals surface area contributed by atoms with E-state index in [-0.39, 0.29) is 5.92 Å². The van der Waals surface area contributed by atoms with E-state index >= 15 is 0 Å². The highest BCUT2D eigenvalue weighted by molar-refractivity contribution is 6.30. The standard InChI is InChI=1S/C27H34ClN5O/c1-17-13-18(2)16-32(15-17)27(34)22-9-11-31(12-10-22)24-14-19(3)29-26-25(20(4)30-33(24)26)21-5-7-23(28)8-6-21/h5-8,14,17-18,22H,9-13,15-16H2,1-4H3/t17-,18-/m0/s1. The number of aromatic nitrogens is 3. The van der Waals surface area contributed by atoms with Gasteiger partial charge in [-0.1, -0.05) is 37.6 Å². The van der Waals surface area contributed by atoms with Crippen LogP contribution in [0.25, 0.3) is 16.8 Å². The second kappa shape index (κ2) is 9.21. The van der Waals surface area contributed by atoms with Gasteiger partial charge in [-0.3, -0.25) is 4.79 Å². The van der Waals surface area contributed by atoms with Gasteiger partial charge < -0.3 is 9.80 Å². The number of nitrogens with zero attached hydrogens (tertiary/aromatic N) is 5. The molecule has 0 aliphatic carbocycles. The zero-order valence-electron chi connectivity index (χ0n) is 20.6. The lowest BCUT2D eigenvalue weighted by Crippen LogP contribution is -2.48. The Balaban J connectivity index is 1.38. The van der Waals surface area contributed by atoms with Crippen LogP contribution in [-0.2, 0) is 4.79 Å². The van der Waals surface area contributed by atoms with Crippen LogP contribution in [-0.4, -0.2) is 51.6 Å². The second-order valence-corrected chi connectivity index (χ2v) is 10.8. The molecule has 2 aliphatic rings. The highest BCUT2D eigenvalue weighted by Gasteiger charge is 2.33. The van der Waals surface area contributed by atoms with E-state index in [0.717, 1.165) is 73.0 Å². The molecule has 0 spiro atoms. The van der Waals surface area contributed by atoms with Crippen LogP contribution in [0.1, 0.15) is 44.5 Å². The number of halogens is 1. The monoisotopic (exact) mass is 479 g/mol. The van der Waals surface area contributed by atoms with E-state index in [2.05, 4.69) is 29.7 Å². The van der Waals surface area contributed by atoms with Gasteiger partial charge in [0, 0.05) is 54.4 Å². The van der Waals surface area contributed by atoms with E-state index in [1.807, 2.05) is 42.6 Å². The number of likely N-dealkylation sites (tertiary alicyclic amines) is 1. The molecule has 2 atom stereocenters. The molecule has 0 unspecified atom stereocenters. The largest absolute Gasteiger partial charge is 0.356 e. The van der Waals surface area contributed by atoms with Crippen molar-refractivity contribution >= 4 is 29.0 Å². The number of amides is 1. The molecule has 180 valence electrons. The normalized spacial score (nSPS) is 21.9. The van der Waals surface area contributed by atoms with E-state index in [1.165, 1.54) is 6.42 Å². The summed E-state index contributed by atoms with van der Waals surface area (Å²) in [5.41, 5.74) is 4.88. The van der Waals surface area contributed by atoms with E-state index in [9.17, 15) is 4.79 Å². The minimum Gasteiger partial charge on any atom is -0.356 e.